The van der Waals surface area contributed by atoms with Gasteiger partial charge in [0.2, 0.25) is 17.7 Å². The van der Waals surface area contributed by atoms with E-state index in [9.17, 15) is 14.4 Å². The minimum Gasteiger partial charge on any atom is -0.359 e. The number of carbonyl (C=O) groups is 3. The Bertz CT molecular complexity index is 1350. The highest BCUT2D eigenvalue weighted by atomic mass is 16.5. The number of hydrogen-bond acceptors (Lipinski definition) is 4. The SMILES string of the molecule is Cc1cc(C)cc(NC(=O)[C@@H]2[C@@H]3C=C[C@]4(O3)[C@@H]2C(=O)N(CCc2ccccc2)[C@H]4C(=O)N[C@@H]2CCC[C@@H](C)[C@H]2C)c1. The summed E-state index contributed by atoms with van der Waals surface area (Å²) in [6.45, 7) is 8.80. The first-order valence-corrected chi connectivity index (χ1v) is 15.1. The minimum atomic E-state index is -1.16. The number of likely N-dealkylation sites (tertiary alicyclic amines) is 1. The molecule has 41 heavy (non-hydrogen) atoms. The van der Waals surface area contributed by atoms with Gasteiger partial charge in [0.15, 0.2) is 0 Å². The Labute approximate surface area is 242 Å². The summed E-state index contributed by atoms with van der Waals surface area (Å²) in [7, 11) is 0. The first-order valence-electron chi connectivity index (χ1n) is 15.1. The maximum Gasteiger partial charge on any atom is 0.246 e. The molecule has 7 nitrogen and oxygen atoms in total. The van der Waals surface area contributed by atoms with E-state index in [-0.39, 0.29) is 23.8 Å². The molecule has 3 heterocycles. The lowest BCUT2D eigenvalue weighted by molar-refractivity contribution is -0.141. The fraction of sp³-hybridized carbons (Fsp3) is 0.500. The number of nitrogens with one attached hydrogen (secondary N) is 2. The molecule has 2 aromatic rings. The summed E-state index contributed by atoms with van der Waals surface area (Å²) >= 11 is 0. The van der Waals surface area contributed by atoms with Crippen molar-refractivity contribution < 1.29 is 19.1 Å². The number of anilines is 1. The Morgan fingerprint density at radius 2 is 1.76 bits per heavy atom. The van der Waals surface area contributed by atoms with Crippen LogP contribution in [0.25, 0.3) is 0 Å². The van der Waals surface area contributed by atoms with Crippen LogP contribution in [-0.2, 0) is 25.5 Å². The van der Waals surface area contributed by atoms with Crippen molar-refractivity contribution in [3.05, 3.63) is 77.4 Å². The van der Waals surface area contributed by atoms with E-state index in [1.54, 1.807) is 4.90 Å². The topological polar surface area (TPSA) is 87.7 Å². The zero-order valence-corrected chi connectivity index (χ0v) is 24.4. The predicted octanol–water partition coefficient (Wildman–Crippen LogP) is 4.58. The highest BCUT2D eigenvalue weighted by molar-refractivity contribution is 6.02. The van der Waals surface area contributed by atoms with Crippen LogP contribution in [0.3, 0.4) is 0 Å². The number of hydrogen-bond donors (Lipinski definition) is 2. The van der Waals surface area contributed by atoms with Gasteiger partial charge in [-0.05, 0) is 67.3 Å². The van der Waals surface area contributed by atoms with Gasteiger partial charge in [-0.1, -0.05) is 75.2 Å². The number of carbonyl (C=O) groups excluding carboxylic acids is 3. The molecule has 3 amide bonds. The van der Waals surface area contributed by atoms with E-state index in [1.807, 2.05) is 68.5 Å². The molecular weight excluding hydrogens is 514 g/mol. The smallest absolute Gasteiger partial charge is 0.246 e. The zero-order valence-electron chi connectivity index (χ0n) is 24.4. The predicted molar refractivity (Wildman–Crippen MR) is 158 cm³/mol. The van der Waals surface area contributed by atoms with Gasteiger partial charge in [-0.15, -0.1) is 0 Å². The summed E-state index contributed by atoms with van der Waals surface area (Å²) in [5.74, 6) is -1.20. The van der Waals surface area contributed by atoms with Crippen LogP contribution >= 0.6 is 0 Å². The normalized spacial score (nSPS) is 33.6. The monoisotopic (exact) mass is 555 g/mol. The quantitative estimate of drug-likeness (QED) is 0.490. The van der Waals surface area contributed by atoms with E-state index >= 15 is 0 Å². The van der Waals surface area contributed by atoms with E-state index in [2.05, 4.69) is 30.5 Å². The Hall–Kier alpha value is -3.45. The molecular formula is C34H41N3O4. The van der Waals surface area contributed by atoms with Crippen LogP contribution in [0.1, 0.15) is 49.8 Å². The molecule has 3 fully saturated rings. The maximum atomic E-state index is 14.2. The number of benzene rings is 2. The second-order valence-corrected chi connectivity index (χ2v) is 12.7. The van der Waals surface area contributed by atoms with E-state index in [1.165, 1.54) is 0 Å². The van der Waals surface area contributed by atoms with Crippen molar-refractivity contribution in [3.8, 4) is 0 Å². The molecule has 1 saturated carbocycles. The average Bonchev–Trinajstić information content (AvgIpc) is 3.57. The van der Waals surface area contributed by atoms with Crippen molar-refractivity contribution in [2.45, 2.75) is 77.2 Å². The Balaban J connectivity index is 1.30. The summed E-state index contributed by atoms with van der Waals surface area (Å²) < 4.78 is 6.53. The van der Waals surface area contributed by atoms with Crippen LogP contribution in [0, 0.1) is 37.5 Å². The summed E-state index contributed by atoms with van der Waals surface area (Å²) in [5, 5.41) is 6.38. The van der Waals surface area contributed by atoms with Crippen molar-refractivity contribution in [3.63, 3.8) is 0 Å². The van der Waals surface area contributed by atoms with Gasteiger partial charge in [0, 0.05) is 18.3 Å². The summed E-state index contributed by atoms with van der Waals surface area (Å²) in [4.78, 5) is 43.9. The molecule has 1 spiro atoms. The molecule has 8 atom stereocenters. The lowest BCUT2D eigenvalue weighted by Crippen LogP contribution is -2.58. The van der Waals surface area contributed by atoms with Crippen LogP contribution < -0.4 is 10.6 Å². The first-order chi connectivity index (χ1) is 19.7. The van der Waals surface area contributed by atoms with Crippen LogP contribution in [-0.4, -0.2) is 53.0 Å². The molecule has 2 aromatic carbocycles. The second kappa shape index (κ2) is 10.8. The highest BCUT2D eigenvalue weighted by Gasteiger charge is 2.72. The molecule has 2 saturated heterocycles. The summed E-state index contributed by atoms with van der Waals surface area (Å²) in [6.07, 6.45) is 7.00. The molecule has 4 aliphatic rings. The number of fused-ring (bicyclic) bond motifs is 1. The van der Waals surface area contributed by atoms with Crippen LogP contribution in [0.5, 0.6) is 0 Å². The number of amides is 3. The second-order valence-electron chi connectivity index (χ2n) is 12.7. The number of ether oxygens (including phenoxy) is 1. The summed E-state index contributed by atoms with van der Waals surface area (Å²) in [6, 6.07) is 15.1. The summed E-state index contributed by atoms with van der Waals surface area (Å²) in [5.41, 5.74) is 2.74. The molecule has 2 N–H and O–H groups in total. The van der Waals surface area contributed by atoms with Crippen molar-refractivity contribution in [1.82, 2.24) is 10.2 Å². The standard InChI is InChI=1S/C34H41N3O4/c1-20-17-21(2)19-25(18-20)35-31(38)28-27-13-15-34(41-27)29(28)33(40)37(16-14-24-10-6-5-7-11-24)30(34)32(39)36-26-12-8-9-22(3)23(26)4/h5-7,10-11,13,15,17-19,22-23,26-30H,8-9,12,14,16H2,1-4H3,(H,35,38)(H,36,39)/t22-,23-,26-,27+,28-,29+,30+,34+/m1/s1. The van der Waals surface area contributed by atoms with Gasteiger partial charge in [0.25, 0.3) is 0 Å². The van der Waals surface area contributed by atoms with Crippen molar-refractivity contribution in [1.29, 1.82) is 0 Å². The van der Waals surface area contributed by atoms with Gasteiger partial charge in [0.1, 0.15) is 11.6 Å². The molecule has 3 aliphatic heterocycles. The van der Waals surface area contributed by atoms with Gasteiger partial charge < -0.3 is 20.3 Å². The molecule has 0 unspecified atom stereocenters. The van der Waals surface area contributed by atoms with E-state index in [0.29, 0.717) is 30.5 Å². The Kier molecular flexibility index (Phi) is 7.26. The molecule has 7 heteroatoms. The number of rotatable bonds is 7. The minimum absolute atomic E-state index is 0.0546. The lowest BCUT2D eigenvalue weighted by atomic mass is 9.73. The molecule has 6 rings (SSSR count). The maximum absolute atomic E-state index is 14.2. The average molecular weight is 556 g/mol. The molecule has 0 radical (unpaired) electrons. The van der Waals surface area contributed by atoms with Crippen molar-refractivity contribution in [2.75, 3.05) is 11.9 Å². The largest absolute Gasteiger partial charge is 0.359 e. The van der Waals surface area contributed by atoms with E-state index in [0.717, 1.165) is 36.0 Å². The van der Waals surface area contributed by atoms with E-state index in [4.69, 9.17) is 4.74 Å². The fourth-order valence-electron chi connectivity index (χ4n) is 7.72. The van der Waals surface area contributed by atoms with Crippen molar-refractivity contribution >= 4 is 23.4 Å². The third kappa shape index (κ3) is 4.88. The molecule has 216 valence electrons. The molecule has 0 aromatic heterocycles. The van der Waals surface area contributed by atoms with Gasteiger partial charge in [-0.2, -0.15) is 0 Å². The molecule has 1 aliphatic carbocycles. The third-order valence-corrected chi connectivity index (χ3v) is 9.93. The first kappa shape index (κ1) is 27.7. The van der Waals surface area contributed by atoms with E-state index < -0.39 is 29.6 Å². The number of nitrogens with zero attached hydrogens (tertiary/aromatic N) is 1. The van der Waals surface area contributed by atoms with Crippen LogP contribution in [0.2, 0.25) is 0 Å². The molecule has 2 bridgehead atoms. The third-order valence-electron chi connectivity index (χ3n) is 9.93. The Morgan fingerprint density at radius 1 is 1.02 bits per heavy atom. The number of aryl methyl sites for hydroxylation is 2. The highest BCUT2D eigenvalue weighted by Crippen LogP contribution is 2.55. The van der Waals surface area contributed by atoms with Crippen LogP contribution in [0.15, 0.2) is 60.7 Å². The van der Waals surface area contributed by atoms with Gasteiger partial charge in [-0.25, -0.2) is 0 Å². The van der Waals surface area contributed by atoms with Crippen molar-refractivity contribution in [2.24, 2.45) is 23.7 Å². The Morgan fingerprint density at radius 3 is 2.49 bits per heavy atom. The van der Waals surface area contributed by atoms with Gasteiger partial charge >= 0.3 is 0 Å². The zero-order chi connectivity index (χ0) is 28.9. The fourth-order valence-corrected chi connectivity index (χ4v) is 7.72. The lowest BCUT2D eigenvalue weighted by Gasteiger charge is -2.38. The van der Waals surface area contributed by atoms with Crippen LogP contribution in [0.4, 0.5) is 5.69 Å². The van der Waals surface area contributed by atoms with Gasteiger partial charge in [0.05, 0.1) is 17.9 Å². The van der Waals surface area contributed by atoms with Gasteiger partial charge in [-0.3, -0.25) is 14.4 Å².